The first-order valence-electron chi connectivity index (χ1n) is 5.96. The summed E-state index contributed by atoms with van der Waals surface area (Å²) in [5.74, 6) is 0. The Morgan fingerprint density at radius 1 is 1.33 bits per heavy atom. The lowest BCUT2D eigenvalue weighted by atomic mass is 10.3. The molecule has 1 aromatic carbocycles. The van der Waals surface area contributed by atoms with Gasteiger partial charge in [-0.1, -0.05) is 0 Å². The van der Waals surface area contributed by atoms with Gasteiger partial charge in [0.05, 0.1) is 15.2 Å². The van der Waals surface area contributed by atoms with Gasteiger partial charge >= 0.3 is 11.1 Å². The van der Waals surface area contributed by atoms with Crippen LogP contribution >= 0.6 is 23.1 Å². The van der Waals surface area contributed by atoms with Crippen LogP contribution in [0.15, 0.2) is 31.8 Å². The Balaban J connectivity index is 2.09. The van der Waals surface area contributed by atoms with Crippen LogP contribution in [0, 0.1) is 6.92 Å². The van der Waals surface area contributed by atoms with Crippen molar-refractivity contribution in [3.05, 3.63) is 37.8 Å². The van der Waals surface area contributed by atoms with Crippen LogP contribution in [-0.2, 0) is 7.05 Å². The maximum Gasteiger partial charge on any atom is 0.339 e. The van der Waals surface area contributed by atoms with Crippen molar-refractivity contribution in [1.82, 2.24) is 19.7 Å². The quantitative estimate of drug-likeness (QED) is 0.541. The van der Waals surface area contributed by atoms with Gasteiger partial charge in [0, 0.05) is 17.6 Å². The summed E-state index contributed by atoms with van der Waals surface area (Å²) in [6.07, 6.45) is 0. The van der Waals surface area contributed by atoms with Gasteiger partial charge in [0.15, 0.2) is 5.16 Å². The molecule has 0 aliphatic heterocycles. The summed E-state index contributed by atoms with van der Waals surface area (Å²) in [7, 11) is 1.61. The lowest BCUT2D eigenvalue weighted by Gasteiger charge is -2.07. The van der Waals surface area contributed by atoms with Crippen molar-refractivity contribution in [3.63, 3.8) is 0 Å². The Hall–Kier alpha value is -2.13. The number of nitrogens with zero attached hydrogens (tertiary/aromatic N) is 3. The van der Waals surface area contributed by atoms with Crippen molar-refractivity contribution in [2.45, 2.75) is 17.0 Å². The van der Waals surface area contributed by atoms with Crippen LogP contribution in [0.4, 0.5) is 5.69 Å². The number of aryl methyl sites for hydroxylation is 2. The number of aromatic amines is 1. The van der Waals surface area contributed by atoms with Crippen LogP contribution in [0.3, 0.4) is 0 Å². The van der Waals surface area contributed by atoms with Crippen molar-refractivity contribution in [1.29, 1.82) is 0 Å². The van der Waals surface area contributed by atoms with E-state index in [0.29, 0.717) is 10.8 Å². The fourth-order valence-corrected chi connectivity index (χ4v) is 3.54. The Kier molecular flexibility index (Phi) is 3.30. The molecule has 0 saturated heterocycles. The highest BCUT2D eigenvalue weighted by molar-refractivity contribution is 7.99. The number of hydrogen-bond acceptors (Lipinski definition) is 7. The normalized spacial score (nSPS) is 11.1. The zero-order valence-electron chi connectivity index (χ0n) is 11.2. The molecule has 2 heterocycles. The molecule has 0 atom stereocenters. The first-order valence-corrected chi connectivity index (χ1v) is 7.59. The summed E-state index contributed by atoms with van der Waals surface area (Å²) in [6, 6.07) is 3.71. The van der Waals surface area contributed by atoms with Gasteiger partial charge in [0.2, 0.25) is 0 Å². The molecule has 0 aliphatic carbocycles. The fourth-order valence-electron chi connectivity index (χ4n) is 1.82. The number of nitrogens with one attached hydrogen (secondary N) is 1. The highest BCUT2D eigenvalue weighted by Crippen LogP contribution is 2.34. The van der Waals surface area contributed by atoms with E-state index in [2.05, 4.69) is 15.1 Å². The van der Waals surface area contributed by atoms with Gasteiger partial charge in [0.25, 0.3) is 0 Å². The maximum atomic E-state index is 11.4. The summed E-state index contributed by atoms with van der Waals surface area (Å²) >= 11 is 2.78. The van der Waals surface area contributed by atoms with Crippen molar-refractivity contribution >= 4 is 39.0 Å². The predicted octanol–water partition coefficient (Wildman–Crippen LogP) is 1.12. The van der Waals surface area contributed by atoms with Gasteiger partial charge in [0.1, 0.15) is 0 Å². The first-order chi connectivity index (χ1) is 9.94. The van der Waals surface area contributed by atoms with Crippen molar-refractivity contribution in [2.75, 3.05) is 5.73 Å². The second kappa shape index (κ2) is 5.01. The highest BCUT2D eigenvalue weighted by Gasteiger charge is 2.11. The van der Waals surface area contributed by atoms with Crippen LogP contribution < -0.4 is 16.9 Å². The number of H-pyrrole nitrogens is 1. The minimum Gasteiger partial charge on any atom is -0.398 e. The van der Waals surface area contributed by atoms with Gasteiger partial charge < -0.3 is 5.73 Å². The molecule has 108 valence electrons. The number of nitrogens with two attached hydrogens (primary N) is 1. The number of thiazole rings is 1. The molecule has 3 N–H and O–H groups in total. The van der Waals surface area contributed by atoms with E-state index in [1.165, 1.54) is 16.4 Å². The summed E-state index contributed by atoms with van der Waals surface area (Å²) < 4.78 is 2.40. The first kappa shape index (κ1) is 13.8. The van der Waals surface area contributed by atoms with E-state index in [1.54, 1.807) is 18.4 Å². The molecule has 0 saturated carbocycles. The van der Waals surface area contributed by atoms with Gasteiger partial charge in [-0.15, -0.1) is 11.3 Å². The average Bonchev–Trinajstić information content (AvgIpc) is 2.75. The van der Waals surface area contributed by atoms with Crippen molar-refractivity contribution in [2.24, 2.45) is 7.05 Å². The summed E-state index contributed by atoms with van der Waals surface area (Å²) in [6.45, 7) is 1.93. The number of fused-ring (bicyclic) bond motifs is 1. The zero-order valence-corrected chi connectivity index (χ0v) is 12.8. The zero-order chi connectivity index (χ0) is 15.1. The number of benzene rings is 1. The van der Waals surface area contributed by atoms with E-state index >= 15 is 0 Å². The number of rotatable bonds is 2. The Labute approximate surface area is 126 Å². The van der Waals surface area contributed by atoms with Crippen LogP contribution in [0.2, 0.25) is 0 Å². The molecule has 0 aliphatic rings. The molecule has 0 spiro atoms. The van der Waals surface area contributed by atoms with Crippen LogP contribution in [-0.4, -0.2) is 19.7 Å². The Morgan fingerprint density at radius 2 is 2.10 bits per heavy atom. The lowest BCUT2D eigenvalue weighted by molar-refractivity contribution is 0.596. The number of hydrogen-bond donors (Lipinski definition) is 2. The molecule has 21 heavy (non-hydrogen) atoms. The van der Waals surface area contributed by atoms with Gasteiger partial charge in [-0.3, -0.25) is 19.4 Å². The largest absolute Gasteiger partial charge is 0.398 e. The minimum atomic E-state index is -0.820. The third kappa shape index (κ3) is 2.57. The predicted molar refractivity (Wildman–Crippen MR) is 83.0 cm³/mol. The molecule has 0 amide bonds. The molecule has 9 heteroatoms. The summed E-state index contributed by atoms with van der Waals surface area (Å²) in [5.41, 5.74) is 5.89. The van der Waals surface area contributed by atoms with E-state index in [1.807, 2.05) is 19.1 Å². The van der Waals surface area contributed by atoms with Gasteiger partial charge in [-0.05, 0) is 30.8 Å². The average molecular weight is 321 g/mol. The maximum absolute atomic E-state index is 11.4. The molecule has 0 bridgehead atoms. The van der Waals surface area contributed by atoms with E-state index in [-0.39, 0.29) is 0 Å². The molecule has 0 fully saturated rings. The Morgan fingerprint density at radius 3 is 2.86 bits per heavy atom. The summed E-state index contributed by atoms with van der Waals surface area (Å²) in [5, 5.41) is 3.72. The third-order valence-corrected chi connectivity index (χ3v) is 4.83. The van der Waals surface area contributed by atoms with E-state index < -0.39 is 11.1 Å². The third-order valence-electron chi connectivity index (χ3n) is 2.78. The molecule has 0 radical (unpaired) electrons. The van der Waals surface area contributed by atoms with Crippen LogP contribution in [0.25, 0.3) is 10.2 Å². The van der Waals surface area contributed by atoms with Gasteiger partial charge in [-0.2, -0.15) is 4.98 Å². The van der Waals surface area contributed by atoms with Gasteiger partial charge in [-0.25, -0.2) is 4.98 Å². The number of anilines is 1. The van der Waals surface area contributed by atoms with Crippen LogP contribution in [0.1, 0.15) is 5.01 Å². The monoisotopic (exact) mass is 321 g/mol. The lowest BCUT2D eigenvalue weighted by Crippen LogP contribution is -2.33. The number of aromatic nitrogens is 4. The molecule has 0 unspecified atom stereocenters. The molecule has 3 rings (SSSR count). The SMILES string of the molecule is Cc1nc2cc(Sc3nc(=O)c(=O)[nH]n3C)c(N)cc2s1. The molecule has 7 nitrogen and oxygen atoms in total. The standard InChI is InChI=1S/C12H11N5O2S2/c1-5-14-7-4-8(6(13)3-9(7)20-5)21-12-15-10(18)11(19)16-17(12)2/h3-4H,13H2,1-2H3,(H,16,19). The fraction of sp³-hybridized carbons (Fsp3) is 0.167. The van der Waals surface area contributed by atoms with E-state index in [0.717, 1.165) is 20.1 Å². The van der Waals surface area contributed by atoms with E-state index in [4.69, 9.17) is 5.73 Å². The smallest absolute Gasteiger partial charge is 0.339 e. The van der Waals surface area contributed by atoms with Crippen molar-refractivity contribution in [3.8, 4) is 0 Å². The molecular formula is C12H11N5O2S2. The van der Waals surface area contributed by atoms with Crippen LogP contribution in [0.5, 0.6) is 0 Å². The molecular weight excluding hydrogens is 310 g/mol. The second-order valence-corrected chi connectivity index (χ2v) is 6.64. The highest BCUT2D eigenvalue weighted by atomic mass is 32.2. The number of nitrogen functional groups attached to an aromatic ring is 1. The minimum absolute atomic E-state index is 0.359. The molecule has 3 aromatic rings. The summed E-state index contributed by atoms with van der Waals surface area (Å²) in [4.78, 5) is 31.5. The molecule has 2 aromatic heterocycles. The Bertz CT molecular complexity index is 956. The van der Waals surface area contributed by atoms with E-state index in [9.17, 15) is 9.59 Å². The van der Waals surface area contributed by atoms with Crippen molar-refractivity contribution < 1.29 is 0 Å². The second-order valence-electron chi connectivity index (χ2n) is 4.39. The topological polar surface area (TPSA) is 107 Å².